The number of halogens is 1. The largest absolute Gasteiger partial charge is 0.462 e. The molecule has 1 N–H and O–H groups in total. The number of aliphatic hydroxyl groups is 1. The lowest BCUT2D eigenvalue weighted by molar-refractivity contribution is 0.0519. The number of ether oxygens (including phenoxy) is 1. The number of aromatic nitrogens is 2. The van der Waals surface area contributed by atoms with Gasteiger partial charge in [0.05, 0.1) is 25.5 Å². The smallest absolute Gasteiger partial charge is 0.344 e. The van der Waals surface area contributed by atoms with E-state index in [1.165, 1.54) is 6.92 Å². The first-order valence-electron chi connectivity index (χ1n) is 4.62. The first-order chi connectivity index (χ1) is 7.11. The Hall–Kier alpha value is -1.43. The van der Waals surface area contributed by atoms with Crippen molar-refractivity contribution >= 4 is 5.97 Å². The summed E-state index contributed by atoms with van der Waals surface area (Å²) in [4.78, 5) is 11.3. The van der Waals surface area contributed by atoms with E-state index in [1.807, 2.05) is 0 Å². The lowest BCUT2D eigenvalue weighted by Crippen LogP contribution is -2.10. The molecule has 0 fully saturated rings. The predicted molar refractivity (Wildman–Crippen MR) is 50.0 cm³/mol. The van der Waals surface area contributed by atoms with E-state index in [0.717, 1.165) is 4.68 Å². The standard InChI is InChI=1S/C9H13FN2O3/c1-3-15-9(14)7-6(2)11-12(4-5-13)8(7)10/h13H,3-5H2,1-2H3. The Morgan fingerprint density at radius 2 is 2.33 bits per heavy atom. The Labute approximate surface area is 86.5 Å². The van der Waals surface area contributed by atoms with E-state index < -0.39 is 11.9 Å². The fourth-order valence-electron chi connectivity index (χ4n) is 1.23. The van der Waals surface area contributed by atoms with Gasteiger partial charge in [-0.05, 0) is 13.8 Å². The second kappa shape index (κ2) is 4.88. The minimum Gasteiger partial charge on any atom is -0.462 e. The third-order valence-corrected chi connectivity index (χ3v) is 1.86. The van der Waals surface area contributed by atoms with Gasteiger partial charge in [-0.1, -0.05) is 0 Å². The molecule has 5 nitrogen and oxygen atoms in total. The Balaban J connectivity index is 3.02. The van der Waals surface area contributed by atoms with Gasteiger partial charge >= 0.3 is 5.97 Å². The van der Waals surface area contributed by atoms with E-state index in [0.29, 0.717) is 0 Å². The first-order valence-corrected chi connectivity index (χ1v) is 4.62. The first kappa shape index (κ1) is 11.6. The average Bonchev–Trinajstić information content (AvgIpc) is 2.43. The number of esters is 1. The number of nitrogens with zero attached hydrogens (tertiary/aromatic N) is 2. The molecule has 1 aromatic rings. The SMILES string of the molecule is CCOC(=O)c1c(C)nn(CCO)c1F. The zero-order valence-electron chi connectivity index (χ0n) is 8.66. The highest BCUT2D eigenvalue weighted by molar-refractivity contribution is 5.90. The van der Waals surface area contributed by atoms with E-state index >= 15 is 0 Å². The van der Waals surface area contributed by atoms with Crippen LogP contribution in [0.1, 0.15) is 23.0 Å². The van der Waals surface area contributed by atoms with Crippen molar-refractivity contribution in [3.05, 3.63) is 17.2 Å². The van der Waals surface area contributed by atoms with Crippen LogP contribution in [0.4, 0.5) is 4.39 Å². The van der Waals surface area contributed by atoms with E-state index in [-0.39, 0.29) is 31.0 Å². The van der Waals surface area contributed by atoms with Crippen LogP contribution in [0, 0.1) is 12.9 Å². The summed E-state index contributed by atoms with van der Waals surface area (Å²) in [6, 6.07) is 0. The molecular weight excluding hydrogens is 203 g/mol. The van der Waals surface area contributed by atoms with Crippen LogP contribution < -0.4 is 0 Å². The van der Waals surface area contributed by atoms with Gasteiger partial charge in [0, 0.05) is 0 Å². The second-order valence-corrected chi connectivity index (χ2v) is 2.92. The predicted octanol–water partition coefficient (Wildman–Crippen LogP) is 0.500. The summed E-state index contributed by atoms with van der Waals surface area (Å²) in [5.74, 6) is -1.49. The second-order valence-electron chi connectivity index (χ2n) is 2.92. The van der Waals surface area contributed by atoms with Crippen molar-refractivity contribution in [2.24, 2.45) is 0 Å². The molecule has 0 bridgehead atoms. The van der Waals surface area contributed by atoms with Crippen LogP contribution >= 0.6 is 0 Å². The molecule has 0 radical (unpaired) electrons. The van der Waals surface area contributed by atoms with Crippen LogP contribution in [0.5, 0.6) is 0 Å². The Morgan fingerprint density at radius 3 is 2.87 bits per heavy atom. The fourth-order valence-corrected chi connectivity index (χ4v) is 1.23. The van der Waals surface area contributed by atoms with Gasteiger partial charge in [0.2, 0.25) is 5.95 Å². The number of hydrogen-bond donors (Lipinski definition) is 1. The number of carbonyl (C=O) groups excluding carboxylic acids is 1. The van der Waals surface area contributed by atoms with Crippen LogP contribution in [-0.4, -0.2) is 34.1 Å². The van der Waals surface area contributed by atoms with Crippen molar-refractivity contribution in [2.75, 3.05) is 13.2 Å². The van der Waals surface area contributed by atoms with Crippen LogP contribution in [0.3, 0.4) is 0 Å². The van der Waals surface area contributed by atoms with Gasteiger partial charge in [0.25, 0.3) is 0 Å². The lowest BCUT2D eigenvalue weighted by atomic mass is 10.2. The molecule has 15 heavy (non-hydrogen) atoms. The summed E-state index contributed by atoms with van der Waals surface area (Å²) in [6.45, 7) is 3.13. The molecule has 6 heteroatoms. The molecule has 84 valence electrons. The molecule has 0 aliphatic heterocycles. The number of aliphatic hydroxyl groups excluding tert-OH is 1. The molecule has 1 heterocycles. The van der Waals surface area contributed by atoms with Crippen molar-refractivity contribution in [2.45, 2.75) is 20.4 Å². The van der Waals surface area contributed by atoms with Crippen LogP contribution in [0.15, 0.2) is 0 Å². The zero-order valence-corrected chi connectivity index (χ0v) is 8.66. The van der Waals surface area contributed by atoms with E-state index in [4.69, 9.17) is 5.11 Å². The van der Waals surface area contributed by atoms with E-state index in [9.17, 15) is 9.18 Å². The van der Waals surface area contributed by atoms with E-state index in [2.05, 4.69) is 9.84 Å². The third-order valence-electron chi connectivity index (χ3n) is 1.86. The molecule has 0 spiro atoms. The van der Waals surface area contributed by atoms with Gasteiger partial charge in [-0.25, -0.2) is 9.48 Å². The molecule has 0 aliphatic carbocycles. The summed E-state index contributed by atoms with van der Waals surface area (Å²) in [5.41, 5.74) is 0.102. The Morgan fingerprint density at radius 1 is 1.67 bits per heavy atom. The molecule has 1 aromatic heterocycles. The summed E-state index contributed by atoms with van der Waals surface area (Å²) in [7, 11) is 0. The monoisotopic (exact) mass is 216 g/mol. The average molecular weight is 216 g/mol. The topological polar surface area (TPSA) is 64.3 Å². The maximum Gasteiger partial charge on any atom is 0.344 e. The molecule has 0 aromatic carbocycles. The van der Waals surface area contributed by atoms with E-state index in [1.54, 1.807) is 6.92 Å². The normalized spacial score (nSPS) is 10.4. The number of hydrogen-bond acceptors (Lipinski definition) is 4. The van der Waals surface area contributed by atoms with Crippen LogP contribution in [0.2, 0.25) is 0 Å². The maximum absolute atomic E-state index is 13.5. The quantitative estimate of drug-likeness (QED) is 0.744. The minimum atomic E-state index is -0.764. The Bertz CT molecular complexity index is 362. The maximum atomic E-state index is 13.5. The van der Waals surface area contributed by atoms with Gasteiger partial charge in [0.1, 0.15) is 5.56 Å². The highest BCUT2D eigenvalue weighted by atomic mass is 19.1. The van der Waals surface area contributed by atoms with Gasteiger partial charge < -0.3 is 9.84 Å². The summed E-state index contributed by atoms with van der Waals surface area (Å²) < 4.78 is 19.2. The summed E-state index contributed by atoms with van der Waals surface area (Å²) in [5, 5.41) is 12.4. The van der Waals surface area contributed by atoms with Gasteiger partial charge in [0.15, 0.2) is 0 Å². The van der Waals surface area contributed by atoms with Crippen molar-refractivity contribution in [1.29, 1.82) is 0 Å². The van der Waals surface area contributed by atoms with Crippen LogP contribution in [-0.2, 0) is 11.3 Å². The van der Waals surface area contributed by atoms with Gasteiger partial charge in [-0.15, -0.1) is 0 Å². The molecule has 0 aliphatic rings. The number of carbonyl (C=O) groups is 1. The van der Waals surface area contributed by atoms with Gasteiger partial charge in [-0.2, -0.15) is 9.49 Å². The zero-order chi connectivity index (χ0) is 11.4. The third kappa shape index (κ3) is 2.33. The molecule has 0 saturated heterocycles. The van der Waals surface area contributed by atoms with Crippen molar-refractivity contribution in [3.63, 3.8) is 0 Å². The minimum absolute atomic E-state index is 0.0199. The van der Waals surface area contributed by atoms with Crippen LogP contribution in [0.25, 0.3) is 0 Å². The van der Waals surface area contributed by atoms with Crippen molar-refractivity contribution in [1.82, 2.24) is 9.78 Å². The molecular formula is C9H13FN2O3. The molecule has 1 rings (SSSR count). The summed E-state index contributed by atoms with van der Waals surface area (Å²) >= 11 is 0. The summed E-state index contributed by atoms with van der Waals surface area (Å²) in [6.07, 6.45) is 0. The van der Waals surface area contributed by atoms with Crippen molar-refractivity contribution in [3.8, 4) is 0 Å². The number of aryl methyl sites for hydroxylation is 1. The fraction of sp³-hybridized carbons (Fsp3) is 0.556. The molecule has 0 saturated carbocycles. The highest BCUT2D eigenvalue weighted by Gasteiger charge is 2.22. The lowest BCUT2D eigenvalue weighted by Gasteiger charge is -2.00. The molecule has 0 amide bonds. The Kier molecular flexibility index (Phi) is 3.79. The van der Waals surface area contributed by atoms with Gasteiger partial charge in [-0.3, -0.25) is 0 Å². The highest BCUT2D eigenvalue weighted by Crippen LogP contribution is 2.13. The molecule has 0 unspecified atom stereocenters. The molecule has 0 atom stereocenters. The van der Waals surface area contributed by atoms with Crippen molar-refractivity contribution < 1.29 is 19.0 Å². The number of rotatable bonds is 4.